The molecule has 0 saturated heterocycles. The molecule has 1 fully saturated rings. The fraction of sp³-hybridized carbons (Fsp3) is 0.889. The van der Waals surface area contributed by atoms with E-state index in [9.17, 15) is 4.79 Å². The summed E-state index contributed by atoms with van der Waals surface area (Å²) in [5, 5.41) is 0. The summed E-state index contributed by atoms with van der Waals surface area (Å²) in [6, 6.07) is 0. The average molecular weight is 173 g/mol. The predicted octanol–water partition coefficient (Wildman–Crippen LogP) is 1.31. The Morgan fingerprint density at radius 1 is 1.42 bits per heavy atom. The Morgan fingerprint density at radius 3 is 1.75 bits per heavy atom. The second kappa shape index (κ2) is 4.45. The van der Waals surface area contributed by atoms with Crippen molar-refractivity contribution in [2.75, 3.05) is 7.11 Å². The number of carbonyl (C=O) groups excluding carboxylic acids is 1. The van der Waals surface area contributed by atoms with E-state index in [0.29, 0.717) is 0 Å². The van der Waals surface area contributed by atoms with Gasteiger partial charge in [-0.25, -0.2) is 0 Å². The summed E-state index contributed by atoms with van der Waals surface area (Å²) in [4.78, 5) is 9.98. The Kier molecular flexibility index (Phi) is 4.24. The number of ether oxygens (including phenoxy) is 1. The molecule has 3 heteroatoms. The number of nitrogens with two attached hydrogens (primary N) is 1. The van der Waals surface area contributed by atoms with Crippen LogP contribution in [0.2, 0.25) is 0 Å². The van der Waals surface area contributed by atoms with Gasteiger partial charge in [0.2, 0.25) is 5.91 Å². The van der Waals surface area contributed by atoms with Gasteiger partial charge in [-0.15, -0.1) is 0 Å². The molecule has 1 amide bonds. The van der Waals surface area contributed by atoms with E-state index in [0.717, 1.165) is 12.8 Å². The van der Waals surface area contributed by atoms with Gasteiger partial charge in [-0.2, -0.15) is 0 Å². The quantitative estimate of drug-likeness (QED) is 0.650. The first-order valence-corrected chi connectivity index (χ1v) is 4.21. The van der Waals surface area contributed by atoms with Crippen molar-refractivity contribution in [3.63, 3.8) is 0 Å². The second-order valence-corrected chi connectivity index (χ2v) is 3.99. The zero-order valence-electron chi connectivity index (χ0n) is 8.39. The molecule has 0 bridgehead atoms. The van der Waals surface area contributed by atoms with Gasteiger partial charge in [-0.1, -0.05) is 0 Å². The minimum Gasteiger partial charge on any atom is -0.379 e. The minimum atomic E-state index is -0.130. The molecule has 0 aromatic heterocycles. The number of methoxy groups -OCH3 is 1. The molecule has 1 aliphatic carbocycles. The molecule has 0 aromatic carbocycles. The Labute approximate surface area is 74.3 Å². The van der Waals surface area contributed by atoms with E-state index in [2.05, 4.69) is 0 Å². The van der Waals surface area contributed by atoms with E-state index in [1.807, 2.05) is 20.8 Å². The van der Waals surface area contributed by atoms with Crippen LogP contribution in [-0.4, -0.2) is 18.6 Å². The first kappa shape index (κ1) is 11.4. The van der Waals surface area contributed by atoms with Gasteiger partial charge in [0.05, 0.1) is 5.60 Å². The molecule has 1 saturated carbocycles. The molecule has 0 aromatic rings. The highest BCUT2D eigenvalue weighted by Gasteiger charge is 2.26. The van der Waals surface area contributed by atoms with E-state index in [1.54, 1.807) is 7.11 Å². The Balaban J connectivity index is 0.000000202. The summed E-state index contributed by atoms with van der Waals surface area (Å²) in [6.45, 7) is 6.06. The van der Waals surface area contributed by atoms with Crippen LogP contribution in [0.3, 0.4) is 0 Å². The topological polar surface area (TPSA) is 52.3 Å². The molecule has 0 spiro atoms. The molecule has 0 aliphatic heterocycles. The largest absolute Gasteiger partial charge is 0.379 e. The van der Waals surface area contributed by atoms with Crippen LogP contribution in [0.25, 0.3) is 0 Å². The number of rotatable bonds is 1. The lowest BCUT2D eigenvalue weighted by Gasteiger charge is -2.14. The van der Waals surface area contributed by atoms with Gasteiger partial charge in [-0.05, 0) is 33.6 Å². The van der Waals surface area contributed by atoms with E-state index >= 15 is 0 Å². The van der Waals surface area contributed by atoms with Crippen LogP contribution >= 0.6 is 0 Å². The molecule has 0 unspecified atom stereocenters. The Hall–Kier alpha value is -0.570. The number of amides is 1. The van der Waals surface area contributed by atoms with Crippen LogP contribution in [0.5, 0.6) is 0 Å². The van der Waals surface area contributed by atoms with Crippen LogP contribution in [0, 0.1) is 5.92 Å². The average Bonchev–Trinajstić information content (AvgIpc) is 2.67. The summed E-state index contributed by atoms with van der Waals surface area (Å²) in [5.74, 6) is 0.111. The van der Waals surface area contributed by atoms with Crippen LogP contribution in [-0.2, 0) is 9.53 Å². The lowest BCUT2D eigenvalue weighted by molar-refractivity contribution is -0.119. The summed E-state index contributed by atoms with van der Waals surface area (Å²) in [5.41, 5.74) is 4.90. The van der Waals surface area contributed by atoms with Crippen molar-refractivity contribution in [1.29, 1.82) is 0 Å². The van der Waals surface area contributed by atoms with E-state index in [1.165, 1.54) is 0 Å². The maximum Gasteiger partial charge on any atom is 0.220 e. The van der Waals surface area contributed by atoms with Crippen LogP contribution in [0.15, 0.2) is 0 Å². The first-order valence-electron chi connectivity index (χ1n) is 4.21. The molecule has 1 rings (SSSR count). The van der Waals surface area contributed by atoms with Crippen molar-refractivity contribution >= 4 is 5.91 Å². The molecule has 2 N–H and O–H groups in total. The second-order valence-electron chi connectivity index (χ2n) is 3.99. The zero-order valence-corrected chi connectivity index (χ0v) is 8.39. The highest BCUT2D eigenvalue weighted by molar-refractivity contribution is 5.78. The van der Waals surface area contributed by atoms with Crippen LogP contribution in [0.1, 0.15) is 33.6 Å². The molecule has 0 radical (unpaired) electrons. The molecular weight excluding hydrogens is 154 g/mol. The summed E-state index contributed by atoms with van der Waals surface area (Å²) in [6.07, 6.45) is 2.05. The Morgan fingerprint density at radius 2 is 1.75 bits per heavy atom. The van der Waals surface area contributed by atoms with Crippen molar-refractivity contribution in [2.45, 2.75) is 39.2 Å². The molecule has 0 heterocycles. The molecule has 72 valence electrons. The van der Waals surface area contributed by atoms with E-state index in [-0.39, 0.29) is 17.4 Å². The lowest BCUT2D eigenvalue weighted by Crippen LogP contribution is -2.15. The van der Waals surface area contributed by atoms with Crippen LogP contribution in [0.4, 0.5) is 0 Å². The van der Waals surface area contributed by atoms with Crippen molar-refractivity contribution in [1.82, 2.24) is 0 Å². The van der Waals surface area contributed by atoms with Gasteiger partial charge in [-0.3, -0.25) is 4.79 Å². The fourth-order valence-corrected chi connectivity index (χ4v) is 0.368. The molecular formula is C9H19NO2. The molecule has 1 aliphatic rings. The third-order valence-corrected chi connectivity index (χ3v) is 1.59. The van der Waals surface area contributed by atoms with Crippen LogP contribution < -0.4 is 5.73 Å². The van der Waals surface area contributed by atoms with E-state index < -0.39 is 0 Å². The van der Waals surface area contributed by atoms with Gasteiger partial charge in [0.25, 0.3) is 0 Å². The highest BCUT2D eigenvalue weighted by Crippen LogP contribution is 2.27. The van der Waals surface area contributed by atoms with Crippen molar-refractivity contribution in [2.24, 2.45) is 11.7 Å². The predicted molar refractivity (Wildman–Crippen MR) is 48.7 cm³/mol. The van der Waals surface area contributed by atoms with Gasteiger partial charge in [0, 0.05) is 13.0 Å². The number of primary amides is 1. The summed E-state index contributed by atoms with van der Waals surface area (Å²) < 4.78 is 4.94. The maximum absolute atomic E-state index is 9.98. The van der Waals surface area contributed by atoms with Gasteiger partial charge in [0.15, 0.2) is 0 Å². The lowest BCUT2D eigenvalue weighted by atomic mass is 10.2. The number of carbonyl (C=O) groups is 1. The van der Waals surface area contributed by atoms with Gasteiger partial charge >= 0.3 is 0 Å². The third kappa shape index (κ3) is 7.54. The molecule has 12 heavy (non-hydrogen) atoms. The zero-order chi connectivity index (χ0) is 9.78. The normalized spacial score (nSPS) is 16.3. The monoisotopic (exact) mass is 173 g/mol. The summed E-state index contributed by atoms with van der Waals surface area (Å²) in [7, 11) is 1.71. The third-order valence-electron chi connectivity index (χ3n) is 1.59. The van der Waals surface area contributed by atoms with Gasteiger partial charge in [0.1, 0.15) is 0 Å². The molecule has 0 atom stereocenters. The van der Waals surface area contributed by atoms with Crippen molar-refractivity contribution in [3.05, 3.63) is 0 Å². The standard InChI is InChI=1S/C5H12O.C4H7NO/c1-5(2,3)6-4;5-4(6)3-1-2-3/h1-4H3;3H,1-2H2,(H2,5,6). The van der Waals surface area contributed by atoms with Crippen molar-refractivity contribution < 1.29 is 9.53 Å². The fourth-order valence-electron chi connectivity index (χ4n) is 0.368. The highest BCUT2D eigenvalue weighted by atomic mass is 16.5. The minimum absolute atomic E-state index is 0.0417. The smallest absolute Gasteiger partial charge is 0.220 e. The summed E-state index contributed by atoms with van der Waals surface area (Å²) >= 11 is 0. The van der Waals surface area contributed by atoms with E-state index in [4.69, 9.17) is 10.5 Å². The SMILES string of the molecule is COC(C)(C)C.NC(=O)C1CC1. The Bertz CT molecular complexity index is 145. The first-order chi connectivity index (χ1) is 5.37. The number of hydrogen-bond donors (Lipinski definition) is 1. The molecule has 3 nitrogen and oxygen atoms in total. The number of hydrogen-bond acceptors (Lipinski definition) is 2. The van der Waals surface area contributed by atoms with Gasteiger partial charge < -0.3 is 10.5 Å². The van der Waals surface area contributed by atoms with Crippen molar-refractivity contribution in [3.8, 4) is 0 Å². The maximum atomic E-state index is 9.98.